The summed E-state index contributed by atoms with van der Waals surface area (Å²) >= 11 is 1.78. The molecule has 0 unspecified atom stereocenters. The molecule has 6 heteroatoms. The summed E-state index contributed by atoms with van der Waals surface area (Å²) in [6.07, 6.45) is 0. The topological polar surface area (TPSA) is 56.7 Å². The number of hydrogen-bond acceptors (Lipinski definition) is 5. The van der Waals surface area contributed by atoms with E-state index in [1.54, 1.807) is 11.3 Å². The lowest BCUT2D eigenvalue weighted by atomic mass is 10.0. The van der Waals surface area contributed by atoms with Gasteiger partial charge in [-0.2, -0.15) is 0 Å². The molecule has 0 aliphatic heterocycles. The Morgan fingerprint density at radius 1 is 0.386 bits per heavy atom. The third-order valence-corrected chi connectivity index (χ3v) is 12.3. The quantitative estimate of drug-likeness (QED) is 0.176. The summed E-state index contributed by atoms with van der Waals surface area (Å²) in [5.41, 5.74) is 10.1. The molecule has 12 rings (SSSR count). The highest BCUT2D eigenvalue weighted by Gasteiger charge is 2.21. The average Bonchev–Trinajstić information content (AvgIpc) is 3.95. The number of furan rings is 1. The molecule has 8 aromatic carbocycles. The number of aromatic nitrogens is 4. The normalized spacial score (nSPS) is 11.9. The SMILES string of the molecule is c1ccc(-c2nc(-c3ccc(-c4ccccc4)c(-n4c5ccccc5c5cc6oc7ccccc7c6cc54)c3)nc(-c3cccc4c3sc3ccccc34)n2)cc1. The average molecular weight is 747 g/mol. The van der Waals surface area contributed by atoms with E-state index >= 15 is 0 Å². The zero-order valence-electron chi connectivity index (χ0n) is 30.4. The van der Waals surface area contributed by atoms with Crippen LogP contribution in [0.2, 0.25) is 0 Å². The predicted molar refractivity (Wildman–Crippen MR) is 236 cm³/mol. The Kier molecular flexibility index (Phi) is 7.03. The Balaban J connectivity index is 1.14. The minimum absolute atomic E-state index is 0.613. The number of hydrogen-bond donors (Lipinski definition) is 0. The van der Waals surface area contributed by atoms with Crippen LogP contribution < -0.4 is 0 Å². The fraction of sp³-hybridized carbons (Fsp3) is 0. The molecule has 266 valence electrons. The van der Waals surface area contributed by atoms with E-state index < -0.39 is 0 Å². The monoisotopic (exact) mass is 746 g/mol. The first-order valence-electron chi connectivity index (χ1n) is 19.0. The molecule has 0 saturated carbocycles. The highest BCUT2D eigenvalue weighted by Crippen LogP contribution is 2.43. The number of para-hydroxylation sites is 2. The third-order valence-electron chi connectivity index (χ3n) is 11.1. The first-order chi connectivity index (χ1) is 28.2. The van der Waals surface area contributed by atoms with E-state index in [2.05, 4.69) is 156 Å². The van der Waals surface area contributed by atoms with E-state index in [1.807, 2.05) is 30.3 Å². The molecule has 0 spiro atoms. The summed E-state index contributed by atoms with van der Waals surface area (Å²) in [5.74, 6) is 1.89. The largest absolute Gasteiger partial charge is 0.456 e. The Labute approximate surface area is 330 Å². The molecule has 0 fully saturated rings. The maximum absolute atomic E-state index is 6.40. The lowest BCUT2D eigenvalue weighted by molar-refractivity contribution is 0.669. The van der Waals surface area contributed by atoms with Gasteiger partial charge in [0.1, 0.15) is 11.2 Å². The van der Waals surface area contributed by atoms with Crippen LogP contribution in [0.15, 0.2) is 186 Å². The van der Waals surface area contributed by atoms with Crippen LogP contribution in [-0.4, -0.2) is 19.5 Å². The van der Waals surface area contributed by atoms with Gasteiger partial charge in [-0.25, -0.2) is 15.0 Å². The Bertz CT molecular complexity index is 3530. The minimum atomic E-state index is 0.613. The van der Waals surface area contributed by atoms with E-state index in [0.29, 0.717) is 17.5 Å². The molecule has 0 radical (unpaired) electrons. The second-order valence-electron chi connectivity index (χ2n) is 14.4. The van der Waals surface area contributed by atoms with Crippen LogP contribution in [-0.2, 0) is 0 Å². The fourth-order valence-corrected chi connectivity index (χ4v) is 9.64. The van der Waals surface area contributed by atoms with Gasteiger partial charge in [0.2, 0.25) is 0 Å². The van der Waals surface area contributed by atoms with Crippen LogP contribution >= 0.6 is 11.3 Å². The molecule has 12 aromatic rings. The van der Waals surface area contributed by atoms with Crippen LogP contribution in [0.3, 0.4) is 0 Å². The molecule has 0 N–H and O–H groups in total. The van der Waals surface area contributed by atoms with Crippen LogP contribution in [0.25, 0.3) is 115 Å². The fourth-order valence-electron chi connectivity index (χ4n) is 8.43. The number of nitrogens with zero attached hydrogens (tertiary/aromatic N) is 4. The highest BCUT2D eigenvalue weighted by atomic mass is 32.1. The molecule has 0 aliphatic rings. The van der Waals surface area contributed by atoms with Gasteiger partial charge in [-0.15, -0.1) is 11.3 Å². The van der Waals surface area contributed by atoms with Crippen molar-refractivity contribution in [3.05, 3.63) is 182 Å². The molecule has 0 bridgehead atoms. The third kappa shape index (κ3) is 5.04. The Morgan fingerprint density at radius 3 is 1.89 bits per heavy atom. The van der Waals surface area contributed by atoms with Gasteiger partial charge >= 0.3 is 0 Å². The molecule has 0 atom stereocenters. The second kappa shape index (κ2) is 12.6. The molecule has 4 aromatic heterocycles. The zero-order valence-corrected chi connectivity index (χ0v) is 31.2. The van der Waals surface area contributed by atoms with Crippen molar-refractivity contribution in [2.75, 3.05) is 0 Å². The molecular formula is C51H30N4OS. The summed E-state index contributed by atoms with van der Waals surface area (Å²) in [4.78, 5) is 15.7. The van der Waals surface area contributed by atoms with E-state index in [0.717, 1.165) is 77.2 Å². The summed E-state index contributed by atoms with van der Waals surface area (Å²) in [7, 11) is 0. The lowest BCUT2D eigenvalue weighted by Crippen LogP contribution is -2.02. The summed E-state index contributed by atoms with van der Waals surface area (Å²) < 4.78 is 11.2. The predicted octanol–water partition coefficient (Wildman–Crippen LogP) is 13.9. The van der Waals surface area contributed by atoms with Gasteiger partial charge in [-0.05, 0) is 48.0 Å². The van der Waals surface area contributed by atoms with E-state index in [9.17, 15) is 0 Å². The van der Waals surface area contributed by atoms with Crippen LogP contribution in [0.5, 0.6) is 0 Å². The number of thiophene rings is 1. The van der Waals surface area contributed by atoms with Gasteiger partial charge < -0.3 is 8.98 Å². The van der Waals surface area contributed by atoms with Crippen molar-refractivity contribution in [2.24, 2.45) is 0 Å². The van der Waals surface area contributed by atoms with Crippen molar-refractivity contribution in [1.29, 1.82) is 0 Å². The molecule has 4 heterocycles. The standard InChI is InChI=1S/C51H30N4OS/c1-3-14-31(15-4-1)34-27-26-33(28-43(34)55-42-23-10-7-18-35(42)40-30-46-41(29-44(40)55)36-19-8-11-24-45(36)56-46)50-52-49(32-16-5-2-6-17-32)53-51(54-50)39-22-13-21-38-37-20-9-12-25-47(37)57-48(38)39/h1-30H. The molecule has 0 aliphatic carbocycles. The number of fused-ring (bicyclic) bond motifs is 9. The number of rotatable bonds is 5. The van der Waals surface area contributed by atoms with Gasteiger partial charge in [0, 0.05) is 64.0 Å². The molecule has 0 saturated heterocycles. The van der Waals surface area contributed by atoms with E-state index in [1.165, 1.54) is 20.2 Å². The van der Waals surface area contributed by atoms with Crippen LogP contribution in [0, 0.1) is 0 Å². The summed E-state index contributed by atoms with van der Waals surface area (Å²) in [6, 6.07) is 63.8. The smallest absolute Gasteiger partial charge is 0.165 e. The lowest BCUT2D eigenvalue weighted by Gasteiger charge is -2.16. The van der Waals surface area contributed by atoms with Crippen LogP contribution in [0.4, 0.5) is 0 Å². The van der Waals surface area contributed by atoms with Gasteiger partial charge in [0.05, 0.1) is 16.7 Å². The van der Waals surface area contributed by atoms with Gasteiger partial charge in [-0.1, -0.05) is 140 Å². The maximum Gasteiger partial charge on any atom is 0.165 e. The first-order valence-corrected chi connectivity index (χ1v) is 19.8. The minimum Gasteiger partial charge on any atom is -0.456 e. The highest BCUT2D eigenvalue weighted by molar-refractivity contribution is 7.26. The van der Waals surface area contributed by atoms with Crippen molar-refractivity contribution in [3.8, 4) is 51.0 Å². The number of benzene rings is 8. The van der Waals surface area contributed by atoms with Gasteiger partial charge in [0.15, 0.2) is 17.5 Å². The summed E-state index contributed by atoms with van der Waals surface area (Å²) in [5, 5.41) is 6.92. The Morgan fingerprint density at radius 2 is 1.05 bits per heavy atom. The van der Waals surface area contributed by atoms with Crippen molar-refractivity contribution >= 4 is 75.3 Å². The molecule has 5 nitrogen and oxygen atoms in total. The zero-order chi connectivity index (χ0) is 37.5. The van der Waals surface area contributed by atoms with Gasteiger partial charge in [-0.3, -0.25) is 0 Å². The molecular weight excluding hydrogens is 717 g/mol. The molecule has 57 heavy (non-hydrogen) atoms. The van der Waals surface area contributed by atoms with Crippen molar-refractivity contribution < 1.29 is 4.42 Å². The van der Waals surface area contributed by atoms with Crippen molar-refractivity contribution in [2.45, 2.75) is 0 Å². The maximum atomic E-state index is 6.40. The van der Waals surface area contributed by atoms with Crippen molar-refractivity contribution in [3.63, 3.8) is 0 Å². The van der Waals surface area contributed by atoms with E-state index in [4.69, 9.17) is 19.4 Å². The second-order valence-corrected chi connectivity index (χ2v) is 15.4. The first kappa shape index (κ1) is 31.9. The summed E-state index contributed by atoms with van der Waals surface area (Å²) in [6.45, 7) is 0. The van der Waals surface area contributed by atoms with Gasteiger partial charge in [0.25, 0.3) is 0 Å². The van der Waals surface area contributed by atoms with Crippen molar-refractivity contribution in [1.82, 2.24) is 19.5 Å². The van der Waals surface area contributed by atoms with E-state index in [-0.39, 0.29) is 0 Å². The Hall–Kier alpha value is -7.41. The van der Waals surface area contributed by atoms with Crippen LogP contribution in [0.1, 0.15) is 0 Å². The molecule has 0 amide bonds.